The number of anilines is 2. The summed E-state index contributed by atoms with van der Waals surface area (Å²) >= 11 is 0. The highest BCUT2D eigenvalue weighted by molar-refractivity contribution is 6.12. The number of amides is 1. The van der Waals surface area contributed by atoms with Crippen molar-refractivity contribution in [1.82, 2.24) is 0 Å². The van der Waals surface area contributed by atoms with Gasteiger partial charge in [-0.2, -0.15) is 0 Å². The van der Waals surface area contributed by atoms with Gasteiger partial charge in [-0.15, -0.1) is 0 Å². The largest absolute Gasteiger partial charge is 0.497 e. The number of ether oxygens (including phenoxy) is 3. The second-order valence-electron chi connectivity index (χ2n) is 6.78. The van der Waals surface area contributed by atoms with E-state index < -0.39 is 6.17 Å². The van der Waals surface area contributed by atoms with Gasteiger partial charge in [-0.3, -0.25) is 9.69 Å². The zero-order chi connectivity index (χ0) is 21.1. The Hall–Kier alpha value is -3.67. The highest BCUT2D eigenvalue weighted by Crippen LogP contribution is 2.43. The third kappa shape index (κ3) is 3.41. The summed E-state index contributed by atoms with van der Waals surface area (Å²) in [6, 6.07) is 20.7. The first kappa shape index (κ1) is 19.6. The molecule has 0 saturated heterocycles. The fourth-order valence-electron chi connectivity index (χ4n) is 3.73. The summed E-state index contributed by atoms with van der Waals surface area (Å²) in [5.41, 5.74) is 2.90. The fourth-order valence-corrected chi connectivity index (χ4v) is 3.73. The van der Waals surface area contributed by atoms with Crippen molar-refractivity contribution in [3.8, 4) is 17.2 Å². The zero-order valence-electron chi connectivity index (χ0n) is 17.2. The molecule has 0 spiro atoms. The van der Waals surface area contributed by atoms with Crippen LogP contribution in [0.25, 0.3) is 0 Å². The van der Waals surface area contributed by atoms with Crippen LogP contribution in [0.15, 0.2) is 66.7 Å². The SMILES string of the molecule is CCOc1cccc(C2Nc3ccccc3C(=O)N2c2cccc(OC)c2)c1OC. The van der Waals surface area contributed by atoms with E-state index in [-0.39, 0.29) is 5.91 Å². The normalized spacial score (nSPS) is 15.2. The number of hydrogen-bond donors (Lipinski definition) is 1. The number of methoxy groups -OCH3 is 2. The van der Waals surface area contributed by atoms with E-state index in [0.717, 1.165) is 16.9 Å². The van der Waals surface area contributed by atoms with Crippen molar-refractivity contribution in [2.24, 2.45) is 0 Å². The van der Waals surface area contributed by atoms with Crippen LogP contribution in [-0.4, -0.2) is 26.7 Å². The molecule has 1 N–H and O–H groups in total. The van der Waals surface area contributed by atoms with Gasteiger partial charge in [0.15, 0.2) is 11.5 Å². The molecule has 1 aliphatic rings. The molecule has 6 heteroatoms. The first-order valence-electron chi connectivity index (χ1n) is 9.80. The molecule has 0 fully saturated rings. The number of carbonyl (C=O) groups is 1. The van der Waals surface area contributed by atoms with Crippen molar-refractivity contribution in [2.45, 2.75) is 13.1 Å². The van der Waals surface area contributed by atoms with Crippen molar-refractivity contribution in [3.05, 3.63) is 77.9 Å². The Morgan fingerprint density at radius 3 is 2.53 bits per heavy atom. The monoisotopic (exact) mass is 404 g/mol. The van der Waals surface area contributed by atoms with Crippen LogP contribution in [0.4, 0.5) is 11.4 Å². The van der Waals surface area contributed by atoms with E-state index in [4.69, 9.17) is 14.2 Å². The van der Waals surface area contributed by atoms with Gasteiger partial charge in [0.05, 0.1) is 32.1 Å². The Labute approximate surface area is 176 Å². The Balaban J connectivity index is 1.90. The van der Waals surface area contributed by atoms with Gasteiger partial charge >= 0.3 is 0 Å². The minimum atomic E-state index is -0.491. The predicted molar refractivity (Wildman–Crippen MR) is 117 cm³/mol. The maximum absolute atomic E-state index is 13.6. The van der Waals surface area contributed by atoms with Gasteiger partial charge in [-0.25, -0.2) is 0 Å². The molecule has 154 valence electrons. The van der Waals surface area contributed by atoms with Crippen molar-refractivity contribution in [2.75, 3.05) is 31.0 Å². The second-order valence-corrected chi connectivity index (χ2v) is 6.78. The molecule has 0 radical (unpaired) electrons. The molecular weight excluding hydrogens is 380 g/mol. The number of nitrogens with one attached hydrogen (secondary N) is 1. The Morgan fingerprint density at radius 2 is 1.77 bits per heavy atom. The van der Waals surface area contributed by atoms with Crippen molar-refractivity contribution >= 4 is 17.3 Å². The lowest BCUT2D eigenvalue weighted by molar-refractivity contribution is 0.0974. The van der Waals surface area contributed by atoms with Crippen molar-refractivity contribution in [3.63, 3.8) is 0 Å². The maximum atomic E-state index is 13.6. The minimum Gasteiger partial charge on any atom is -0.497 e. The van der Waals surface area contributed by atoms with Crippen LogP contribution in [0.3, 0.4) is 0 Å². The molecule has 0 bridgehead atoms. The number of para-hydroxylation sites is 2. The Morgan fingerprint density at radius 1 is 0.967 bits per heavy atom. The van der Waals surface area contributed by atoms with Crippen LogP contribution >= 0.6 is 0 Å². The molecule has 1 heterocycles. The molecule has 6 nitrogen and oxygen atoms in total. The summed E-state index contributed by atoms with van der Waals surface area (Å²) < 4.78 is 16.8. The highest BCUT2D eigenvalue weighted by atomic mass is 16.5. The summed E-state index contributed by atoms with van der Waals surface area (Å²) in [7, 11) is 3.21. The van der Waals surface area contributed by atoms with Gasteiger partial charge in [-0.05, 0) is 37.3 Å². The molecule has 3 aromatic rings. The van der Waals surface area contributed by atoms with Crippen LogP contribution in [0.5, 0.6) is 17.2 Å². The van der Waals surface area contributed by atoms with Crippen LogP contribution in [0.2, 0.25) is 0 Å². The first-order chi connectivity index (χ1) is 14.7. The quantitative estimate of drug-likeness (QED) is 0.635. The van der Waals surface area contributed by atoms with Gasteiger partial charge < -0.3 is 19.5 Å². The Bertz CT molecular complexity index is 1070. The molecule has 0 aromatic heterocycles. The van der Waals surface area contributed by atoms with Gasteiger partial charge in [0.2, 0.25) is 0 Å². The third-order valence-electron chi connectivity index (χ3n) is 5.07. The first-order valence-corrected chi connectivity index (χ1v) is 9.80. The molecule has 1 atom stereocenters. The average molecular weight is 404 g/mol. The number of rotatable bonds is 6. The van der Waals surface area contributed by atoms with E-state index in [2.05, 4.69) is 5.32 Å². The summed E-state index contributed by atoms with van der Waals surface area (Å²) in [5.74, 6) is 1.80. The van der Waals surface area contributed by atoms with Crippen LogP contribution in [0, 0.1) is 0 Å². The van der Waals surface area contributed by atoms with E-state index in [9.17, 15) is 4.79 Å². The number of fused-ring (bicyclic) bond motifs is 1. The lowest BCUT2D eigenvalue weighted by atomic mass is 10.0. The third-order valence-corrected chi connectivity index (χ3v) is 5.07. The summed E-state index contributed by atoms with van der Waals surface area (Å²) in [6.07, 6.45) is -0.491. The van der Waals surface area contributed by atoms with Gasteiger partial charge in [0.25, 0.3) is 5.91 Å². The molecule has 30 heavy (non-hydrogen) atoms. The predicted octanol–water partition coefficient (Wildman–Crippen LogP) is 4.87. The average Bonchev–Trinajstić information content (AvgIpc) is 2.79. The van der Waals surface area contributed by atoms with Crippen molar-refractivity contribution in [1.29, 1.82) is 0 Å². The summed E-state index contributed by atoms with van der Waals surface area (Å²) in [6.45, 7) is 2.44. The fraction of sp³-hybridized carbons (Fsp3) is 0.208. The van der Waals surface area contributed by atoms with Crippen LogP contribution in [-0.2, 0) is 0 Å². The molecule has 4 rings (SSSR count). The van der Waals surface area contributed by atoms with Gasteiger partial charge in [0, 0.05) is 17.3 Å². The maximum Gasteiger partial charge on any atom is 0.262 e. The van der Waals surface area contributed by atoms with E-state index in [1.54, 1.807) is 19.1 Å². The lowest BCUT2D eigenvalue weighted by Gasteiger charge is -2.38. The summed E-state index contributed by atoms with van der Waals surface area (Å²) in [4.78, 5) is 15.3. The highest BCUT2D eigenvalue weighted by Gasteiger charge is 2.36. The van der Waals surface area contributed by atoms with Crippen LogP contribution < -0.4 is 24.4 Å². The summed E-state index contributed by atoms with van der Waals surface area (Å²) in [5, 5.41) is 3.50. The lowest BCUT2D eigenvalue weighted by Crippen LogP contribution is -2.43. The van der Waals surface area contributed by atoms with E-state index in [0.29, 0.717) is 29.4 Å². The van der Waals surface area contributed by atoms with E-state index in [1.165, 1.54) is 0 Å². The second kappa shape index (κ2) is 8.37. The standard InChI is InChI=1S/C24H24N2O4/c1-4-30-21-14-8-12-19(22(21)29-3)23-25-20-13-6-5-11-18(20)24(27)26(23)16-9-7-10-17(15-16)28-2/h5-15,23,25H,4H2,1-3H3. The van der Waals surface area contributed by atoms with Crippen molar-refractivity contribution < 1.29 is 19.0 Å². The molecule has 1 amide bonds. The minimum absolute atomic E-state index is 0.105. The Kier molecular flexibility index (Phi) is 5.48. The topological polar surface area (TPSA) is 60.0 Å². The number of carbonyl (C=O) groups excluding carboxylic acids is 1. The molecular formula is C24H24N2O4. The van der Waals surface area contributed by atoms with E-state index in [1.807, 2.05) is 73.7 Å². The molecule has 1 unspecified atom stereocenters. The number of benzene rings is 3. The number of nitrogens with zero attached hydrogens (tertiary/aromatic N) is 1. The molecule has 0 saturated carbocycles. The van der Waals surface area contributed by atoms with E-state index >= 15 is 0 Å². The number of hydrogen-bond acceptors (Lipinski definition) is 5. The zero-order valence-corrected chi connectivity index (χ0v) is 17.2. The van der Waals surface area contributed by atoms with Gasteiger partial charge in [0.1, 0.15) is 11.9 Å². The smallest absolute Gasteiger partial charge is 0.262 e. The molecule has 0 aliphatic carbocycles. The van der Waals surface area contributed by atoms with Crippen LogP contribution in [0.1, 0.15) is 29.0 Å². The molecule has 3 aromatic carbocycles. The van der Waals surface area contributed by atoms with Gasteiger partial charge in [-0.1, -0.05) is 30.3 Å². The molecule has 1 aliphatic heterocycles.